The number of hydrogen-bond acceptors (Lipinski definition) is 5. The Morgan fingerprint density at radius 3 is 2.33 bits per heavy atom. The number of sulfonamides is 1. The highest BCUT2D eigenvalue weighted by molar-refractivity contribution is 7.90. The molecular weight excluding hydrogens is 402 g/mol. The van der Waals surface area contributed by atoms with Crippen LogP contribution in [-0.4, -0.2) is 24.5 Å². The van der Waals surface area contributed by atoms with Crippen molar-refractivity contribution in [1.29, 1.82) is 0 Å². The van der Waals surface area contributed by atoms with Crippen molar-refractivity contribution in [2.24, 2.45) is 0 Å². The van der Waals surface area contributed by atoms with Crippen LogP contribution in [0.4, 0.5) is 0 Å². The number of amides is 1. The SMILES string of the molecule is CCCCCc1cc(O)c(CC=C(C)CCC=C(C)C)c(O)c1S(=O)(=O)NC(C)=O. The average Bonchev–Trinajstić information content (AvgIpc) is 2.59. The molecule has 1 aromatic carbocycles. The number of nitrogens with one attached hydrogen (secondary N) is 1. The summed E-state index contributed by atoms with van der Waals surface area (Å²) in [6.07, 6.45) is 8.84. The Morgan fingerprint density at radius 2 is 1.77 bits per heavy atom. The molecule has 30 heavy (non-hydrogen) atoms. The Kier molecular flexibility index (Phi) is 10.1. The van der Waals surface area contributed by atoms with E-state index in [-0.39, 0.29) is 22.6 Å². The van der Waals surface area contributed by atoms with Gasteiger partial charge in [-0.25, -0.2) is 13.1 Å². The van der Waals surface area contributed by atoms with Crippen molar-refractivity contribution in [2.45, 2.75) is 84.5 Å². The summed E-state index contributed by atoms with van der Waals surface area (Å²) in [6.45, 7) is 9.16. The highest BCUT2D eigenvalue weighted by Gasteiger charge is 2.27. The van der Waals surface area contributed by atoms with E-state index in [0.29, 0.717) is 18.4 Å². The number of carbonyl (C=O) groups is 1. The van der Waals surface area contributed by atoms with Gasteiger partial charge < -0.3 is 10.2 Å². The van der Waals surface area contributed by atoms with Crippen LogP contribution in [0.3, 0.4) is 0 Å². The van der Waals surface area contributed by atoms with Crippen LogP contribution >= 0.6 is 0 Å². The van der Waals surface area contributed by atoms with E-state index in [1.807, 2.05) is 38.5 Å². The van der Waals surface area contributed by atoms with Crippen LogP contribution in [0.5, 0.6) is 11.5 Å². The van der Waals surface area contributed by atoms with Gasteiger partial charge in [0.05, 0.1) is 0 Å². The number of allylic oxidation sites excluding steroid dienone is 4. The molecule has 7 heteroatoms. The summed E-state index contributed by atoms with van der Waals surface area (Å²) in [4.78, 5) is 11.1. The smallest absolute Gasteiger partial charge is 0.268 e. The fourth-order valence-electron chi connectivity index (χ4n) is 3.19. The van der Waals surface area contributed by atoms with Crippen LogP contribution in [0.2, 0.25) is 0 Å². The molecule has 0 unspecified atom stereocenters. The van der Waals surface area contributed by atoms with Gasteiger partial charge in [-0.15, -0.1) is 0 Å². The van der Waals surface area contributed by atoms with Gasteiger partial charge in [0.15, 0.2) is 0 Å². The number of aromatic hydroxyl groups is 2. The first kappa shape index (κ1) is 25.8. The molecule has 1 rings (SSSR count). The first-order valence-electron chi connectivity index (χ1n) is 10.4. The second-order valence-corrected chi connectivity index (χ2v) is 9.52. The molecule has 0 spiro atoms. The van der Waals surface area contributed by atoms with Crippen LogP contribution in [0.15, 0.2) is 34.3 Å². The van der Waals surface area contributed by atoms with Gasteiger partial charge in [-0.2, -0.15) is 0 Å². The van der Waals surface area contributed by atoms with E-state index in [9.17, 15) is 23.4 Å². The van der Waals surface area contributed by atoms with Gasteiger partial charge in [-0.1, -0.05) is 43.1 Å². The zero-order valence-electron chi connectivity index (χ0n) is 18.7. The minimum absolute atomic E-state index is 0.139. The number of aryl methyl sites for hydroxylation is 1. The molecule has 0 radical (unpaired) electrons. The van der Waals surface area contributed by atoms with Gasteiger partial charge in [0.25, 0.3) is 10.0 Å². The van der Waals surface area contributed by atoms with Gasteiger partial charge in [0, 0.05) is 12.5 Å². The van der Waals surface area contributed by atoms with E-state index in [1.165, 1.54) is 11.6 Å². The van der Waals surface area contributed by atoms with Gasteiger partial charge in [0.2, 0.25) is 5.91 Å². The lowest BCUT2D eigenvalue weighted by atomic mass is 10.00. The molecule has 0 saturated carbocycles. The molecule has 0 saturated heterocycles. The van der Waals surface area contributed by atoms with Crippen LogP contribution < -0.4 is 4.72 Å². The van der Waals surface area contributed by atoms with Crippen molar-refractivity contribution in [3.63, 3.8) is 0 Å². The number of benzene rings is 1. The molecule has 0 aliphatic heterocycles. The predicted octanol–water partition coefficient (Wildman–Crippen LogP) is 4.89. The zero-order valence-corrected chi connectivity index (χ0v) is 19.5. The minimum Gasteiger partial charge on any atom is -0.508 e. The molecule has 0 fully saturated rings. The minimum atomic E-state index is -4.25. The highest BCUT2D eigenvalue weighted by Crippen LogP contribution is 2.38. The summed E-state index contributed by atoms with van der Waals surface area (Å²) in [5.41, 5.74) is 2.76. The first-order valence-corrected chi connectivity index (χ1v) is 11.9. The number of carbonyl (C=O) groups excluding carboxylic acids is 1. The lowest BCUT2D eigenvalue weighted by Gasteiger charge is -2.17. The topological polar surface area (TPSA) is 104 Å². The maximum absolute atomic E-state index is 12.7. The molecular formula is C23H35NO5S. The molecule has 1 aromatic rings. The molecule has 0 atom stereocenters. The number of rotatable bonds is 11. The van der Waals surface area contributed by atoms with Crippen LogP contribution in [0, 0.1) is 0 Å². The molecule has 0 heterocycles. The number of phenolic OH excluding ortho intramolecular Hbond substituents is 2. The molecule has 168 valence electrons. The maximum atomic E-state index is 12.7. The van der Waals surface area contributed by atoms with Gasteiger partial charge >= 0.3 is 0 Å². The van der Waals surface area contributed by atoms with Crippen molar-refractivity contribution in [3.8, 4) is 11.5 Å². The Hall–Kier alpha value is -2.28. The average molecular weight is 438 g/mol. The highest BCUT2D eigenvalue weighted by atomic mass is 32.2. The molecule has 6 nitrogen and oxygen atoms in total. The van der Waals surface area contributed by atoms with Crippen molar-refractivity contribution in [3.05, 3.63) is 40.5 Å². The third-order valence-corrected chi connectivity index (χ3v) is 6.30. The standard InChI is InChI=1S/C23H35NO5S/c1-6-7-8-12-19-15-21(26)20(14-13-17(4)11-9-10-16(2)3)22(27)23(19)30(28,29)24-18(5)25/h10,13,15,26-27H,6-9,11-12,14H2,1-5H3,(H,24,25). The second kappa shape index (κ2) is 11.8. The van der Waals surface area contributed by atoms with Crippen LogP contribution in [0.1, 0.15) is 77.8 Å². The van der Waals surface area contributed by atoms with Crippen molar-refractivity contribution < 1.29 is 23.4 Å². The van der Waals surface area contributed by atoms with Gasteiger partial charge in [-0.3, -0.25) is 4.79 Å². The summed E-state index contributed by atoms with van der Waals surface area (Å²) in [7, 11) is -4.25. The Balaban J connectivity index is 3.33. The number of unbranched alkanes of at least 4 members (excludes halogenated alkanes) is 2. The van der Waals surface area contributed by atoms with Crippen molar-refractivity contribution in [1.82, 2.24) is 4.72 Å². The quantitative estimate of drug-likeness (QED) is 0.338. The summed E-state index contributed by atoms with van der Waals surface area (Å²) >= 11 is 0. The molecule has 0 aromatic heterocycles. The molecule has 0 bridgehead atoms. The summed E-state index contributed by atoms with van der Waals surface area (Å²) < 4.78 is 27.4. The van der Waals surface area contributed by atoms with Crippen molar-refractivity contribution >= 4 is 15.9 Å². The molecule has 3 N–H and O–H groups in total. The maximum Gasteiger partial charge on any atom is 0.268 e. The lowest BCUT2D eigenvalue weighted by molar-refractivity contribution is -0.117. The summed E-state index contributed by atoms with van der Waals surface area (Å²) in [5.74, 6) is -1.38. The number of hydrogen-bond donors (Lipinski definition) is 3. The van der Waals surface area contributed by atoms with Gasteiger partial charge in [-0.05, 0) is 64.5 Å². The van der Waals surface area contributed by atoms with Crippen LogP contribution in [0.25, 0.3) is 0 Å². The monoisotopic (exact) mass is 437 g/mol. The Morgan fingerprint density at radius 1 is 1.10 bits per heavy atom. The fraction of sp³-hybridized carbons (Fsp3) is 0.522. The fourth-order valence-corrected chi connectivity index (χ4v) is 4.55. The lowest BCUT2D eigenvalue weighted by Crippen LogP contribution is -2.29. The predicted molar refractivity (Wildman–Crippen MR) is 120 cm³/mol. The van der Waals surface area contributed by atoms with E-state index in [4.69, 9.17) is 0 Å². The molecule has 1 amide bonds. The number of phenols is 2. The van der Waals surface area contributed by atoms with Gasteiger partial charge in [0.1, 0.15) is 16.4 Å². The first-order chi connectivity index (χ1) is 14.0. The van der Waals surface area contributed by atoms with E-state index in [2.05, 4.69) is 6.08 Å². The third kappa shape index (κ3) is 7.86. The Labute approximate surface area is 180 Å². The largest absolute Gasteiger partial charge is 0.508 e. The van der Waals surface area contributed by atoms with Crippen LogP contribution in [-0.2, 0) is 27.7 Å². The Bertz CT molecular complexity index is 910. The molecule has 0 aliphatic rings. The van der Waals surface area contributed by atoms with E-state index in [1.54, 1.807) is 0 Å². The zero-order chi connectivity index (χ0) is 22.9. The summed E-state index contributed by atoms with van der Waals surface area (Å²) in [6, 6.07) is 1.39. The third-order valence-electron chi connectivity index (χ3n) is 4.76. The van der Waals surface area contributed by atoms with E-state index in [0.717, 1.165) is 38.2 Å². The second-order valence-electron chi connectivity index (χ2n) is 7.90. The van der Waals surface area contributed by atoms with Crippen molar-refractivity contribution in [2.75, 3.05) is 0 Å². The normalized spacial score (nSPS) is 12.0. The molecule has 0 aliphatic carbocycles. The summed E-state index contributed by atoms with van der Waals surface area (Å²) in [5, 5.41) is 21.3. The van der Waals surface area contributed by atoms with E-state index < -0.39 is 21.7 Å². The van der Waals surface area contributed by atoms with E-state index >= 15 is 0 Å².